The molecule has 0 aliphatic carbocycles. The Bertz CT molecular complexity index is 872. The molecule has 2 aromatic rings. The molecule has 0 aromatic heterocycles. The summed E-state index contributed by atoms with van der Waals surface area (Å²) < 4.78 is 10.7. The van der Waals surface area contributed by atoms with E-state index in [9.17, 15) is 15.0 Å². The zero-order valence-corrected chi connectivity index (χ0v) is 17.3. The van der Waals surface area contributed by atoms with E-state index in [0.29, 0.717) is 12.1 Å². The van der Waals surface area contributed by atoms with Gasteiger partial charge in [-0.2, -0.15) is 0 Å². The van der Waals surface area contributed by atoms with Gasteiger partial charge in [0.1, 0.15) is 5.75 Å². The normalized spacial score (nSPS) is 13.6. The highest BCUT2D eigenvalue weighted by atomic mass is 35.5. The van der Waals surface area contributed by atoms with E-state index in [0.717, 1.165) is 29.9 Å². The highest BCUT2D eigenvalue weighted by Crippen LogP contribution is 2.33. The third kappa shape index (κ3) is 5.76. The number of hydrogen-bond donors (Lipinski definition) is 4. The van der Waals surface area contributed by atoms with Gasteiger partial charge in [-0.1, -0.05) is 12.1 Å². The summed E-state index contributed by atoms with van der Waals surface area (Å²) in [6.45, 7) is 4.70. The molecular weight excluding hydrogens is 396 g/mol. The maximum Gasteiger partial charge on any atom is 0.252 e. The van der Waals surface area contributed by atoms with E-state index in [4.69, 9.17) is 15.2 Å². The molecule has 29 heavy (non-hydrogen) atoms. The van der Waals surface area contributed by atoms with Crippen molar-refractivity contribution >= 4 is 18.3 Å². The number of amides is 1. The van der Waals surface area contributed by atoms with Crippen LogP contribution in [0.5, 0.6) is 17.2 Å². The number of aliphatic hydroxyl groups excluding tert-OH is 1. The fraction of sp³-hybridized carbons (Fsp3) is 0.381. The summed E-state index contributed by atoms with van der Waals surface area (Å²) in [7, 11) is 0. The Morgan fingerprint density at radius 1 is 1.21 bits per heavy atom. The number of carbonyl (C=O) groups excluding carboxylic acids is 1. The van der Waals surface area contributed by atoms with Crippen LogP contribution in [-0.4, -0.2) is 35.0 Å². The highest BCUT2D eigenvalue weighted by molar-refractivity contribution is 5.95. The van der Waals surface area contributed by atoms with E-state index in [1.165, 1.54) is 12.1 Å². The van der Waals surface area contributed by atoms with Gasteiger partial charge in [0.2, 0.25) is 6.79 Å². The SMILES string of the molecule is CC(C)(CCc1ccc2c(c1)OCO2)NCC(O)c1ccc(O)c(C(N)=O)c1.Cl. The lowest BCUT2D eigenvalue weighted by Crippen LogP contribution is -2.42. The minimum atomic E-state index is -0.830. The summed E-state index contributed by atoms with van der Waals surface area (Å²) in [5.41, 5.74) is 6.70. The van der Waals surface area contributed by atoms with Crippen LogP contribution in [0.1, 0.15) is 47.9 Å². The number of aliphatic hydroxyl groups is 1. The van der Waals surface area contributed by atoms with E-state index in [1.54, 1.807) is 6.07 Å². The molecule has 0 saturated heterocycles. The number of primary amides is 1. The summed E-state index contributed by atoms with van der Waals surface area (Å²) in [4.78, 5) is 11.4. The van der Waals surface area contributed by atoms with Crippen molar-refractivity contribution in [2.75, 3.05) is 13.3 Å². The van der Waals surface area contributed by atoms with Crippen LogP contribution in [-0.2, 0) is 6.42 Å². The molecule has 5 N–H and O–H groups in total. The number of halogens is 1. The standard InChI is InChI=1S/C21H26N2O5.ClH/c1-21(2,8-7-13-3-6-18-19(9-13)28-12-27-18)23-11-17(25)14-4-5-16(24)15(10-14)20(22)26;/h3-6,9-10,17,23-25H,7-8,11-12H2,1-2H3,(H2,22,26);1H. The molecule has 0 fully saturated rings. The van der Waals surface area contributed by atoms with Crippen LogP contribution in [0, 0.1) is 0 Å². The first-order chi connectivity index (χ1) is 13.2. The molecule has 7 nitrogen and oxygen atoms in total. The number of nitrogens with one attached hydrogen (secondary N) is 1. The first kappa shape index (κ1) is 22.8. The fourth-order valence-electron chi connectivity index (χ4n) is 3.09. The van der Waals surface area contributed by atoms with Crippen molar-refractivity contribution in [1.82, 2.24) is 5.32 Å². The number of aryl methyl sites for hydroxylation is 1. The first-order valence-corrected chi connectivity index (χ1v) is 9.19. The van der Waals surface area contributed by atoms with Gasteiger partial charge in [-0.15, -0.1) is 12.4 Å². The van der Waals surface area contributed by atoms with Crippen LogP contribution in [0.2, 0.25) is 0 Å². The molecule has 1 atom stereocenters. The Balaban J connectivity index is 0.00000300. The zero-order valence-electron chi connectivity index (χ0n) is 16.5. The molecule has 1 amide bonds. The predicted molar refractivity (Wildman–Crippen MR) is 112 cm³/mol. The maximum atomic E-state index is 11.4. The van der Waals surface area contributed by atoms with E-state index < -0.39 is 12.0 Å². The maximum absolute atomic E-state index is 11.4. The summed E-state index contributed by atoms with van der Waals surface area (Å²) in [6, 6.07) is 10.3. The number of rotatable bonds is 8. The largest absolute Gasteiger partial charge is 0.507 e. The molecule has 0 saturated carbocycles. The summed E-state index contributed by atoms with van der Waals surface area (Å²) >= 11 is 0. The van der Waals surface area contributed by atoms with E-state index in [2.05, 4.69) is 19.2 Å². The van der Waals surface area contributed by atoms with Crippen LogP contribution in [0.15, 0.2) is 36.4 Å². The number of β-amino-alcohol motifs (C(OH)–C–C–N with tert-alkyl or cyclic N) is 1. The summed E-state index contributed by atoms with van der Waals surface area (Å²) in [6.07, 6.45) is 0.864. The average molecular weight is 423 g/mol. The summed E-state index contributed by atoms with van der Waals surface area (Å²) in [5.74, 6) is 0.619. The van der Waals surface area contributed by atoms with E-state index in [-0.39, 0.29) is 36.1 Å². The van der Waals surface area contributed by atoms with Crippen molar-refractivity contribution in [3.05, 3.63) is 53.1 Å². The molecule has 1 unspecified atom stereocenters. The number of carbonyl (C=O) groups is 1. The Kier molecular flexibility index (Phi) is 7.35. The summed E-state index contributed by atoms with van der Waals surface area (Å²) in [5, 5.41) is 23.5. The van der Waals surface area contributed by atoms with Crippen molar-refractivity contribution in [3.8, 4) is 17.2 Å². The number of benzene rings is 2. The second-order valence-corrected chi connectivity index (χ2v) is 7.61. The fourth-order valence-corrected chi connectivity index (χ4v) is 3.09. The van der Waals surface area contributed by atoms with E-state index in [1.807, 2.05) is 18.2 Å². The third-order valence-corrected chi connectivity index (χ3v) is 4.92. The molecule has 0 bridgehead atoms. The lowest BCUT2D eigenvalue weighted by atomic mass is 9.94. The van der Waals surface area contributed by atoms with Crippen molar-refractivity contribution in [1.29, 1.82) is 0 Å². The van der Waals surface area contributed by atoms with Crippen molar-refractivity contribution in [2.45, 2.75) is 38.3 Å². The molecule has 1 heterocycles. The molecule has 1 aliphatic heterocycles. The molecule has 8 heteroatoms. The molecule has 158 valence electrons. The van der Waals surface area contributed by atoms with Crippen LogP contribution in [0.4, 0.5) is 0 Å². The first-order valence-electron chi connectivity index (χ1n) is 9.19. The van der Waals surface area contributed by atoms with Crippen molar-refractivity contribution in [2.24, 2.45) is 5.73 Å². The van der Waals surface area contributed by atoms with Crippen molar-refractivity contribution < 1.29 is 24.5 Å². The van der Waals surface area contributed by atoms with Gasteiger partial charge in [0.05, 0.1) is 11.7 Å². The second kappa shape index (κ2) is 9.35. The second-order valence-electron chi connectivity index (χ2n) is 7.61. The van der Waals surface area contributed by atoms with Gasteiger partial charge in [0, 0.05) is 12.1 Å². The van der Waals surface area contributed by atoms with Crippen LogP contribution in [0.3, 0.4) is 0 Å². The van der Waals surface area contributed by atoms with Gasteiger partial charge in [0.25, 0.3) is 5.91 Å². The molecule has 0 spiro atoms. The third-order valence-electron chi connectivity index (χ3n) is 4.92. The number of ether oxygens (including phenoxy) is 2. The molecule has 2 aromatic carbocycles. The molecular formula is C21H27ClN2O5. The lowest BCUT2D eigenvalue weighted by molar-refractivity contribution is 0.0997. The monoisotopic (exact) mass is 422 g/mol. The van der Waals surface area contributed by atoms with Gasteiger partial charge in [-0.3, -0.25) is 4.79 Å². The minimum absolute atomic E-state index is 0. The topological polar surface area (TPSA) is 114 Å². The Morgan fingerprint density at radius 3 is 2.66 bits per heavy atom. The number of aromatic hydroxyl groups is 1. The molecule has 1 aliphatic rings. The van der Waals surface area contributed by atoms with Crippen LogP contribution < -0.4 is 20.5 Å². The van der Waals surface area contributed by atoms with Gasteiger partial charge in [-0.05, 0) is 62.1 Å². The smallest absolute Gasteiger partial charge is 0.252 e. The number of nitrogens with two attached hydrogens (primary N) is 1. The van der Waals surface area contributed by atoms with Gasteiger partial charge in [-0.25, -0.2) is 0 Å². The lowest BCUT2D eigenvalue weighted by Gasteiger charge is -2.28. The van der Waals surface area contributed by atoms with Gasteiger partial charge in [0.15, 0.2) is 11.5 Å². The predicted octanol–water partition coefficient (Wildman–Crippen LogP) is 2.68. The number of hydrogen-bond acceptors (Lipinski definition) is 6. The Labute approximate surface area is 176 Å². The zero-order chi connectivity index (χ0) is 20.3. The highest BCUT2D eigenvalue weighted by Gasteiger charge is 2.21. The molecule has 3 rings (SSSR count). The molecule has 0 radical (unpaired) electrons. The quantitative estimate of drug-likeness (QED) is 0.520. The van der Waals surface area contributed by atoms with Gasteiger partial charge < -0.3 is 30.7 Å². The Hall–Kier alpha value is -2.48. The van der Waals surface area contributed by atoms with Gasteiger partial charge >= 0.3 is 0 Å². The van der Waals surface area contributed by atoms with Crippen molar-refractivity contribution in [3.63, 3.8) is 0 Å². The number of phenols is 1. The number of fused-ring (bicyclic) bond motifs is 1. The Morgan fingerprint density at radius 2 is 1.93 bits per heavy atom. The average Bonchev–Trinajstić information content (AvgIpc) is 3.12. The minimum Gasteiger partial charge on any atom is -0.507 e. The van der Waals surface area contributed by atoms with Crippen LogP contribution in [0.25, 0.3) is 0 Å². The van der Waals surface area contributed by atoms with E-state index >= 15 is 0 Å². The van der Waals surface area contributed by atoms with Crippen LogP contribution >= 0.6 is 12.4 Å².